The molecule has 0 bridgehead atoms. The van der Waals surface area contributed by atoms with Gasteiger partial charge in [-0.25, -0.2) is 13.5 Å². The lowest BCUT2D eigenvalue weighted by Crippen LogP contribution is -2.53. The number of hydrogen-bond acceptors (Lipinski definition) is 8. The van der Waals surface area contributed by atoms with Crippen LogP contribution < -0.4 is 20.1 Å². The summed E-state index contributed by atoms with van der Waals surface area (Å²) in [5.74, 6) is 0.807. The molecule has 11 heteroatoms. The van der Waals surface area contributed by atoms with E-state index in [9.17, 15) is 8.78 Å². The van der Waals surface area contributed by atoms with Gasteiger partial charge in [0.25, 0.3) is 0 Å². The van der Waals surface area contributed by atoms with Crippen LogP contribution in [0.3, 0.4) is 0 Å². The number of methoxy groups -OCH3 is 1. The first-order valence-electron chi connectivity index (χ1n) is 14.0. The van der Waals surface area contributed by atoms with E-state index in [2.05, 4.69) is 37.1 Å². The number of aromatic nitrogens is 4. The van der Waals surface area contributed by atoms with Crippen LogP contribution in [0.5, 0.6) is 11.6 Å². The molecule has 1 unspecified atom stereocenters. The summed E-state index contributed by atoms with van der Waals surface area (Å²) in [5, 5.41) is 4.55. The second kappa shape index (κ2) is 11.7. The molecule has 1 fully saturated rings. The van der Waals surface area contributed by atoms with Crippen molar-refractivity contribution in [2.24, 2.45) is 0 Å². The van der Waals surface area contributed by atoms with E-state index in [0.29, 0.717) is 42.4 Å². The Morgan fingerprint density at radius 1 is 1.10 bits per heavy atom. The number of rotatable bonds is 8. The van der Waals surface area contributed by atoms with Gasteiger partial charge in [0.05, 0.1) is 13.3 Å². The van der Waals surface area contributed by atoms with Crippen molar-refractivity contribution in [3.8, 4) is 17.4 Å². The van der Waals surface area contributed by atoms with Crippen molar-refractivity contribution in [3.05, 3.63) is 95.0 Å². The lowest BCUT2D eigenvalue weighted by Gasteiger charge is -2.46. The minimum absolute atomic E-state index is 0.100. The van der Waals surface area contributed by atoms with Crippen molar-refractivity contribution in [2.75, 3.05) is 37.4 Å². The minimum Gasteiger partial charge on any atom is -0.497 e. The quantitative estimate of drug-likeness (QED) is 0.327. The van der Waals surface area contributed by atoms with Gasteiger partial charge < -0.3 is 25.0 Å². The lowest BCUT2D eigenvalue weighted by molar-refractivity contribution is 0.281. The Bertz CT molecular complexity index is 1610. The highest BCUT2D eigenvalue weighted by atomic mass is 19.1. The van der Waals surface area contributed by atoms with Crippen LogP contribution >= 0.6 is 0 Å². The third-order valence-electron chi connectivity index (χ3n) is 7.92. The molecule has 6 rings (SSSR count). The number of nitrogens with zero attached hydrogens (tertiary/aromatic N) is 6. The fraction of sp³-hybridized carbons (Fsp3) is 0.323. The first-order valence-corrected chi connectivity index (χ1v) is 14.0. The van der Waals surface area contributed by atoms with Crippen molar-refractivity contribution in [2.45, 2.75) is 38.8 Å². The maximum Gasteiger partial charge on any atom is 0.225 e. The largest absolute Gasteiger partial charge is 0.497 e. The van der Waals surface area contributed by atoms with Crippen LogP contribution in [-0.4, -0.2) is 57.4 Å². The number of fused-ring (bicyclic) bond motifs is 3. The molecule has 0 amide bonds. The Morgan fingerprint density at radius 3 is 2.74 bits per heavy atom. The van der Waals surface area contributed by atoms with E-state index in [-0.39, 0.29) is 12.0 Å². The molecule has 2 aromatic carbocycles. The number of hydrogen-bond donors (Lipinski definition) is 1. The number of piperazine rings is 1. The number of ether oxygens (including phenoxy) is 2. The van der Waals surface area contributed by atoms with Crippen molar-refractivity contribution < 1.29 is 18.3 Å². The molecular formula is C31H33F2N7O2. The molecule has 0 radical (unpaired) electrons. The SMILES string of the molecule is COc1ccc(COc2cc(-n3ncc(C/C=C/N4CCN5c6cc(F)cc(F)c6CCC5C4)c3C)nc(N)n2)cc1. The van der Waals surface area contributed by atoms with Crippen LogP contribution in [0.25, 0.3) is 5.82 Å². The van der Waals surface area contributed by atoms with Gasteiger partial charge >= 0.3 is 0 Å². The molecule has 4 heterocycles. The Morgan fingerprint density at radius 2 is 1.93 bits per heavy atom. The summed E-state index contributed by atoms with van der Waals surface area (Å²) in [6, 6.07) is 12.0. The molecule has 0 saturated carbocycles. The Labute approximate surface area is 243 Å². The first kappa shape index (κ1) is 27.5. The number of nitrogens with two attached hydrogens (primary N) is 1. The van der Waals surface area contributed by atoms with Gasteiger partial charge in [0, 0.05) is 54.8 Å². The molecule has 218 valence electrons. The number of allylic oxidation sites excluding steroid dienone is 1. The fourth-order valence-corrected chi connectivity index (χ4v) is 5.68. The molecular weight excluding hydrogens is 540 g/mol. The highest BCUT2D eigenvalue weighted by Gasteiger charge is 2.32. The standard InChI is InChI=1S/C31H33F2N7O2/c1-20-22(4-3-11-38-12-13-39-24(18-38)7-10-26-27(33)14-23(32)15-28(26)39)17-35-40(20)29-16-30(37-31(34)36-29)42-19-21-5-8-25(41-2)9-6-21/h3,5-6,8-9,11,14-17,24H,4,7,10,12-13,18-19H2,1-2H3,(H2,34,36,37)/b11-3+. The van der Waals surface area contributed by atoms with E-state index in [0.717, 1.165) is 54.7 Å². The predicted octanol–water partition coefficient (Wildman–Crippen LogP) is 4.61. The van der Waals surface area contributed by atoms with E-state index < -0.39 is 11.6 Å². The third kappa shape index (κ3) is 5.72. The molecule has 9 nitrogen and oxygen atoms in total. The van der Waals surface area contributed by atoms with Crippen LogP contribution in [0.15, 0.2) is 60.9 Å². The molecule has 2 N–H and O–H groups in total. The Kier molecular flexibility index (Phi) is 7.64. The van der Waals surface area contributed by atoms with Gasteiger partial charge in [-0.3, -0.25) is 0 Å². The van der Waals surface area contributed by atoms with Gasteiger partial charge in [-0.05, 0) is 61.7 Å². The van der Waals surface area contributed by atoms with E-state index in [1.807, 2.05) is 37.4 Å². The van der Waals surface area contributed by atoms with Crippen LogP contribution in [-0.2, 0) is 19.4 Å². The van der Waals surface area contributed by atoms with Crippen molar-refractivity contribution in [1.29, 1.82) is 0 Å². The van der Waals surface area contributed by atoms with Gasteiger partial charge in [0.2, 0.25) is 11.8 Å². The number of anilines is 2. The van der Waals surface area contributed by atoms with Crippen molar-refractivity contribution in [1.82, 2.24) is 24.6 Å². The van der Waals surface area contributed by atoms with E-state index in [1.165, 1.54) is 6.07 Å². The zero-order valence-electron chi connectivity index (χ0n) is 23.6. The van der Waals surface area contributed by atoms with Crippen molar-refractivity contribution in [3.63, 3.8) is 0 Å². The summed E-state index contributed by atoms with van der Waals surface area (Å²) in [5.41, 5.74) is 10.3. The Hall–Kier alpha value is -4.67. The number of nitrogen functional groups attached to an aromatic ring is 1. The second-order valence-corrected chi connectivity index (χ2v) is 10.6. The molecule has 0 spiro atoms. The smallest absolute Gasteiger partial charge is 0.225 e. The summed E-state index contributed by atoms with van der Waals surface area (Å²) in [6.07, 6.45) is 8.23. The molecule has 4 aromatic rings. The summed E-state index contributed by atoms with van der Waals surface area (Å²) in [7, 11) is 1.63. The van der Waals surface area contributed by atoms with Crippen LogP contribution in [0.2, 0.25) is 0 Å². The topological polar surface area (TPSA) is 94.6 Å². The second-order valence-electron chi connectivity index (χ2n) is 10.6. The summed E-state index contributed by atoms with van der Waals surface area (Å²) < 4.78 is 41.0. The molecule has 1 atom stereocenters. The van der Waals surface area contributed by atoms with E-state index in [1.54, 1.807) is 17.9 Å². The van der Waals surface area contributed by atoms with Crippen LogP contribution in [0.1, 0.15) is 28.8 Å². The summed E-state index contributed by atoms with van der Waals surface area (Å²) in [4.78, 5) is 13.0. The third-order valence-corrected chi connectivity index (χ3v) is 7.92. The van der Waals surface area contributed by atoms with E-state index >= 15 is 0 Å². The van der Waals surface area contributed by atoms with Gasteiger partial charge in [-0.2, -0.15) is 15.1 Å². The Balaban J connectivity index is 1.08. The molecule has 2 aliphatic rings. The highest BCUT2D eigenvalue weighted by molar-refractivity contribution is 5.58. The average Bonchev–Trinajstić information content (AvgIpc) is 3.35. The zero-order chi connectivity index (χ0) is 29.2. The number of benzene rings is 2. The van der Waals surface area contributed by atoms with Gasteiger partial charge in [-0.1, -0.05) is 18.2 Å². The van der Waals surface area contributed by atoms with Crippen molar-refractivity contribution >= 4 is 11.6 Å². The summed E-state index contributed by atoms with van der Waals surface area (Å²) in [6.45, 7) is 4.63. The minimum atomic E-state index is -0.521. The monoisotopic (exact) mass is 573 g/mol. The molecule has 1 saturated heterocycles. The summed E-state index contributed by atoms with van der Waals surface area (Å²) >= 11 is 0. The maximum atomic E-state index is 14.3. The zero-order valence-corrected chi connectivity index (χ0v) is 23.6. The molecule has 2 aliphatic heterocycles. The molecule has 0 aliphatic carbocycles. The first-order chi connectivity index (χ1) is 20.4. The van der Waals surface area contributed by atoms with Gasteiger partial charge in [-0.15, -0.1) is 0 Å². The average molecular weight is 574 g/mol. The van der Waals surface area contributed by atoms with Crippen LogP contribution in [0.4, 0.5) is 20.4 Å². The van der Waals surface area contributed by atoms with Gasteiger partial charge in [0.1, 0.15) is 24.0 Å². The lowest BCUT2D eigenvalue weighted by atomic mass is 9.93. The van der Waals surface area contributed by atoms with Gasteiger partial charge in [0.15, 0.2) is 5.82 Å². The molecule has 42 heavy (non-hydrogen) atoms. The highest BCUT2D eigenvalue weighted by Crippen LogP contribution is 2.35. The van der Waals surface area contributed by atoms with Crippen LogP contribution in [0, 0.1) is 18.6 Å². The molecule has 2 aromatic heterocycles. The van der Waals surface area contributed by atoms with E-state index in [4.69, 9.17) is 15.2 Å². The number of halogens is 2. The maximum absolute atomic E-state index is 14.3. The fourth-order valence-electron chi connectivity index (χ4n) is 5.68. The predicted molar refractivity (Wildman–Crippen MR) is 156 cm³/mol. The normalized spacial score (nSPS) is 16.4.